The molecule has 1 fully saturated rings. The first kappa shape index (κ1) is 15.3. The molecule has 3 heterocycles. The summed E-state index contributed by atoms with van der Waals surface area (Å²) >= 11 is 0. The number of fused-ring (bicyclic) bond motifs is 1. The van der Waals surface area contributed by atoms with Gasteiger partial charge in [0, 0.05) is 0 Å². The van der Waals surface area contributed by atoms with Gasteiger partial charge >= 0.3 is 0 Å². The second-order valence-electron chi connectivity index (χ2n) is 5.20. The minimum absolute atomic E-state index is 0.0440. The maximum Gasteiger partial charge on any atom is 0.277 e. The lowest BCUT2D eigenvalue weighted by molar-refractivity contribution is 0.0145. The Morgan fingerprint density at radius 1 is 1.55 bits per heavy atom. The van der Waals surface area contributed by atoms with Crippen molar-refractivity contribution in [2.45, 2.75) is 25.2 Å². The lowest BCUT2D eigenvalue weighted by atomic mass is 10.2. The van der Waals surface area contributed by atoms with Crippen molar-refractivity contribution in [3.05, 3.63) is 10.4 Å². The van der Waals surface area contributed by atoms with Crippen LogP contribution >= 0.6 is 7.57 Å². The molecule has 0 radical (unpaired) electrons. The van der Waals surface area contributed by atoms with E-state index >= 15 is 0 Å². The van der Waals surface area contributed by atoms with E-state index in [-0.39, 0.29) is 30.4 Å². The molecule has 2 aliphatic rings. The number of hydrogen-bond donors (Lipinski definition) is 5. The molecule has 10 nitrogen and oxygen atoms in total. The van der Waals surface area contributed by atoms with Crippen LogP contribution < -0.4 is 21.5 Å². The van der Waals surface area contributed by atoms with Crippen molar-refractivity contribution in [3.8, 4) is 0 Å². The minimum Gasteiger partial charge on any atom is -0.369 e. The van der Waals surface area contributed by atoms with Gasteiger partial charge in [0.2, 0.25) is 13.5 Å². The molecule has 1 aromatic rings. The van der Waals surface area contributed by atoms with E-state index in [4.69, 9.17) is 24.8 Å². The molecule has 1 saturated heterocycles. The first-order valence-corrected chi connectivity index (χ1v) is 8.52. The quantitative estimate of drug-likeness (QED) is 0.449. The molecule has 11 heteroatoms. The van der Waals surface area contributed by atoms with E-state index in [0.717, 1.165) is 0 Å². The number of ether oxygens (including phenoxy) is 1. The number of nitrogens with zero attached hydrogens (tertiary/aromatic N) is 2. The van der Waals surface area contributed by atoms with Gasteiger partial charge in [-0.1, -0.05) is 0 Å². The number of rotatable bonds is 4. The van der Waals surface area contributed by atoms with E-state index < -0.39 is 7.57 Å². The van der Waals surface area contributed by atoms with Crippen LogP contribution in [0, 0.1) is 0 Å². The lowest BCUT2D eigenvalue weighted by Crippen LogP contribution is -2.36. The Hall–Kier alpha value is -1.58. The topological polar surface area (TPSA) is 146 Å². The van der Waals surface area contributed by atoms with Crippen LogP contribution in [0.15, 0.2) is 4.79 Å². The predicted molar refractivity (Wildman–Crippen MR) is 82.6 cm³/mol. The smallest absolute Gasteiger partial charge is 0.277 e. The van der Waals surface area contributed by atoms with Crippen molar-refractivity contribution < 1.29 is 19.0 Å². The number of aromatic amines is 1. The van der Waals surface area contributed by atoms with Crippen LogP contribution in [0.25, 0.3) is 0 Å². The van der Waals surface area contributed by atoms with Crippen molar-refractivity contribution >= 4 is 31.3 Å². The van der Waals surface area contributed by atoms with Crippen LogP contribution in [-0.2, 0) is 9.26 Å². The minimum atomic E-state index is -3.51. The van der Waals surface area contributed by atoms with Crippen LogP contribution in [-0.4, -0.2) is 51.7 Å². The third kappa shape index (κ3) is 3.11. The summed E-state index contributed by atoms with van der Waals surface area (Å²) in [5.74, 6) is 0.499. The predicted octanol–water partition coefficient (Wildman–Crippen LogP) is -0.758. The van der Waals surface area contributed by atoms with Crippen molar-refractivity contribution in [1.82, 2.24) is 9.97 Å². The molecule has 2 aliphatic heterocycles. The molecule has 1 aromatic heterocycles. The Bertz CT molecular complexity index is 673. The molecule has 122 valence electrons. The fourth-order valence-electron chi connectivity index (χ4n) is 2.56. The van der Waals surface area contributed by atoms with Gasteiger partial charge in [-0.2, -0.15) is 4.98 Å². The number of hydrogen-bond acceptors (Lipinski definition) is 9. The van der Waals surface area contributed by atoms with Crippen LogP contribution in [0.3, 0.4) is 0 Å². The van der Waals surface area contributed by atoms with Gasteiger partial charge in [0.1, 0.15) is 11.9 Å². The number of anilines is 3. The van der Waals surface area contributed by atoms with Crippen LogP contribution in [0.2, 0.25) is 0 Å². The number of aromatic nitrogens is 2. The molecule has 22 heavy (non-hydrogen) atoms. The molecule has 0 aliphatic carbocycles. The molecule has 0 bridgehead atoms. The van der Waals surface area contributed by atoms with E-state index in [1.54, 1.807) is 0 Å². The summed E-state index contributed by atoms with van der Waals surface area (Å²) in [5.41, 5.74) is 5.62. The number of nitrogen functional groups attached to an aromatic ring is 1. The molecular formula is C11H18N5O5P. The van der Waals surface area contributed by atoms with E-state index in [0.29, 0.717) is 31.0 Å². The van der Waals surface area contributed by atoms with E-state index in [1.165, 1.54) is 0 Å². The zero-order chi connectivity index (χ0) is 15.9. The highest BCUT2D eigenvalue weighted by Gasteiger charge is 2.36. The monoisotopic (exact) mass is 331 g/mol. The molecule has 2 atom stereocenters. The molecule has 3 rings (SSSR count). The summed E-state index contributed by atoms with van der Waals surface area (Å²) in [7, 11) is -3.51. The Balaban J connectivity index is 1.69. The summed E-state index contributed by atoms with van der Waals surface area (Å²) in [6, 6.07) is 0. The summed E-state index contributed by atoms with van der Waals surface area (Å²) in [6.45, 7) is 0.444. The fraction of sp³-hybridized carbons (Fsp3) is 0.545. The summed E-state index contributed by atoms with van der Waals surface area (Å²) < 4.78 is 10.7. The first-order chi connectivity index (χ1) is 10.3. The number of nitrogens with two attached hydrogens (primary N) is 1. The highest BCUT2D eigenvalue weighted by atomic mass is 31.2. The van der Waals surface area contributed by atoms with Crippen molar-refractivity contribution in [2.75, 3.05) is 29.2 Å². The van der Waals surface area contributed by atoms with Gasteiger partial charge < -0.3 is 35.0 Å². The van der Waals surface area contributed by atoms with E-state index in [2.05, 4.69) is 21.6 Å². The summed E-state index contributed by atoms with van der Waals surface area (Å²) in [6.07, 6.45) is 3.97. The average Bonchev–Trinajstić information content (AvgIpc) is 3.01. The van der Waals surface area contributed by atoms with Crippen molar-refractivity contribution in [1.29, 1.82) is 0 Å². The summed E-state index contributed by atoms with van der Waals surface area (Å²) in [5, 5.41) is 2.96. The second kappa shape index (κ2) is 5.56. The molecule has 1 unspecified atom stereocenters. The largest absolute Gasteiger partial charge is 0.369 e. The molecule has 0 aromatic carbocycles. The van der Waals surface area contributed by atoms with Gasteiger partial charge in [-0.05, 0) is 19.1 Å². The van der Waals surface area contributed by atoms with Gasteiger partial charge in [0.25, 0.3) is 5.56 Å². The zero-order valence-corrected chi connectivity index (χ0v) is 12.6. The highest BCUT2D eigenvalue weighted by molar-refractivity contribution is 7.57. The van der Waals surface area contributed by atoms with Gasteiger partial charge in [0.15, 0.2) is 5.82 Å². The van der Waals surface area contributed by atoms with Crippen LogP contribution in [0.4, 0.5) is 17.5 Å². The SMILES string of the molecule is C=P(O)(O)OC[C@@H]1CCC(N2CNc3c2nc(N)[nH]c3=O)O1. The Labute approximate surface area is 126 Å². The molecular weight excluding hydrogens is 313 g/mol. The Morgan fingerprint density at radius 3 is 3.05 bits per heavy atom. The maximum absolute atomic E-state index is 11.8. The van der Waals surface area contributed by atoms with Crippen LogP contribution in [0.1, 0.15) is 12.8 Å². The lowest BCUT2D eigenvalue weighted by Gasteiger charge is -2.25. The third-order valence-electron chi connectivity index (χ3n) is 3.52. The van der Waals surface area contributed by atoms with E-state index in [9.17, 15) is 4.79 Å². The van der Waals surface area contributed by atoms with Gasteiger partial charge in [-0.15, -0.1) is 0 Å². The second-order valence-corrected chi connectivity index (χ2v) is 6.79. The van der Waals surface area contributed by atoms with Gasteiger partial charge in [0.05, 0.1) is 19.4 Å². The molecule has 6 N–H and O–H groups in total. The van der Waals surface area contributed by atoms with E-state index in [1.807, 2.05) is 4.90 Å². The zero-order valence-electron chi connectivity index (χ0n) is 11.7. The number of nitrogens with one attached hydrogen (secondary N) is 2. The summed E-state index contributed by atoms with van der Waals surface area (Å²) in [4.78, 5) is 38.5. The standard InChI is InChI=1S/C11H18N5O5P/c1-22(18,19)20-4-6-2-3-7(21-6)16-5-13-8-9(16)14-11(12)15-10(8)17/h6-7,13,18-19H,1-5H2,(H3,12,14,15,17)/t6-,7?/m0/s1. The first-order valence-electron chi connectivity index (χ1n) is 6.73. The Morgan fingerprint density at radius 2 is 2.32 bits per heavy atom. The van der Waals surface area contributed by atoms with Gasteiger partial charge in [-0.3, -0.25) is 9.78 Å². The normalized spacial score (nSPS) is 24.4. The molecule has 0 saturated carbocycles. The van der Waals surface area contributed by atoms with Gasteiger partial charge in [-0.25, -0.2) is 0 Å². The highest BCUT2D eigenvalue weighted by Crippen LogP contribution is 2.37. The average molecular weight is 331 g/mol. The third-order valence-corrected chi connectivity index (χ3v) is 4.08. The molecule has 0 amide bonds. The van der Waals surface area contributed by atoms with Crippen LogP contribution in [0.5, 0.6) is 0 Å². The Kier molecular flexibility index (Phi) is 3.87. The number of H-pyrrole nitrogens is 1. The van der Waals surface area contributed by atoms with Crippen molar-refractivity contribution in [2.24, 2.45) is 0 Å². The molecule has 0 spiro atoms. The fourth-order valence-corrected chi connectivity index (χ4v) is 2.97. The maximum atomic E-state index is 11.8. The van der Waals surface area contributed by atoms with Crippen molar-refractivity contribution in [3.63, 3.8) is 0 Å².